The van der Waals surface area contributed by atoms with Crippen LogP contribution >= 0.6 is 0 Å². The number of carbonyl (C=O) groups is 1. The fraction of sp³-hybridized carbons (Fsp3) is 0.0909. The molecule has 1 heterocycles. The molecule has 0 aliphatic rings. The van der Waals surface area contributed by atoms with Crippen molar-refractivity contribution in [2.75, 3.05) is 0 Å². The Hall–Kier alpha value is -2.10. The second kappa shape index (κ2) is 3.24. The van der Waals surface area contributed by atoms with Crippen molar-refractivity contribution in [1.29, 1.82) is 0 Å². The first-order valence-electron chi connectivity index (χ1n) is 4.37. The fourth-order valence-corrected chi connectivity index (χ4v) is 1.50. The molecule has 0 amide bonds. The van der Waals surface area contributed by atoms with Gasteiger partial charge in [0.05, 0.1) is 5.39 Å². The van der Waals surface area contributed by atoms with Crippen molar-refractivity contribution >= 4 is 16.9 Å². The molecule has 0 atom stereocenters. The number of carboxylic acid groups (broad SMARTS) is 1. The Morgan fingerprint density at radius 3 is 2.67 bits per heavy atom. The highest BCUT2D eigenvalue weighted by Crippen LogP contribution is 2.14. The van der Waals surface area contributed by atoms with Gasteiger partial charge < -0.3 is 9.52 Å². The molecule has 2 rings (SSSR count). The van der Waals surface area contributed by atoms with Crippen LogP contribution in [0, 0.1) is 6.92 Å². The molecule has 76 valence electrons. The third-order valence-corrected chi connectivity index (χ3v) is 2.19. The number of aryl methyl sites for hydroxylation is 1. The molecule has 1 N–H and O–H groups in total. The molecule has 0 fully saturated rings. The summed E-state index contributed by atoms with van der Waals surface area (Å²) in [4.78, 5) is 22.6. The van der Waals surface area contributed by atoms with Gasteiger partial charge in [0, 0.05) is 0 Å². The highest BCUT2D eigenvalue weighted by Gasteiger charge is 2.16. The van der Waals surface area contributed by atoms with E-state index in [1.807, 2.05) is 0 Å². The Morgan fingerprint density at radius 2 is 2.00 bits per heavy atom. The number of carboxylic acids is 1. The third kappa shape index (κ3) is 1.40. The van der Waals surface area contributed by atoms with E-state index in [1.165, 1.54) is 6.92 Å². The SMILES string of the molecule is Cc1oc2ccccc2c(=O)c1C(=O)O. The third-order valence-electron chi connectivity index (χ3n) is 2.19. The molecule has 0 spiro atoms. The molecule has 0 aliphatic heterocycles. The van der Waals surface area contributed by atoms with E-state index in [2.05, 4.69) is 0 Å². The summed E-state index contributed by atoms with van der Waals surface area (Å²) in [6.07, 6.45) is 0. The fourth-order valence-electron chi connectivity index (χ4n) is 1.50. The largest absolute Gasteiger partial charge is 0.477 e. The van der Waals surface area contributed by atoms with Gasteiger partial charge in [-0.2, -0.15) is 0 Å². The average molecular weight is 204 g/mol. The quantitative estimate of drug-likeness (QED) is 0.769. The van der Waals surface area contributed by atoms with E-state index in [0.29, 0.717) is 11.0 Å². The van der Waals surface area contributed by atoms with E-state index in [1.54, 1.807) is 24.3 Å². The van der Waals surface area contributed by atoms with Crippen molar-refractivity contribution in [1.82, 2.24) is 0 Å². The number of hydrogen-bond acceptors (Lipinski definition) is 3. The van der Waals surface area contributed by atoms with Gasteiger partial charge in [-0.3, -0.25) is 4.79 Å². The summed E-state index contributed by atoms with van der Waals surface area (Å²) in [5.74, 6) is -1.13. The number of benzene rings is 1. The van der Waals surface area contributed by atoms with Gasteiger partial charge in [-0.1, -0.05) is 12.1 Å². The van der Waals surface area contributed by atoms with Crippen LogP contribution in [0.5, 0.6) is 0 Å². The average Bonchev–Trinajstić information content (AvgIpc) is 2.17. The maximum Gasteiger partial charge on any atom is 0.343 e. The number of fused-ring (bicyclic) bond motifs is 1. The van der Waals surface area contributed by atoms with Gasteiger partial charge in [0.25, 0.3) is 0 Å². The van der Waals surface area contributed by atoms with Crippen molar-refractivity contribution in [2.45, 2.75) is 6.92 Å². The van der Waals surface area contributed by atoms with Crippen LogP contribution in [0.2, 0.25) is 0 Å². The summed E-state index contributed by atoms with van der Waals surface area (Å²) < 4.78 is 5.25. The lowest BCUT2D eigenvalue weighted by Crippen LogP contribution is -2.16. The van der Waals surface area contributed by atoms with Crippen LogP contribution in [0.4, 0.5) is 0 Å². The van der Waals surface area contributed by atoms with Crippen molar-refractivity contribution in [3.63, 3.8) is 0 Å². The first-order chi connectivity index (χ1) is 7.11. The Kier molecular flexibility index (Phi) is 2.04. The van der Waals surface area contributed by atoms with Crippen molar-refractivity contribution in [2.24, 2.45) is 0 Å². The van der Waals surface area contributed by atoms with Crippen LogP contribution in [-0.4, -0.2) is 11.1 Å². The Balaban J connectivity index is 2.97. The summed E-state index contributed by atoms with van der Waals surface area (Å²) in [6, 6.07) is 6.58. The summed E-state index contributed by atoms with van der Waals surface area (Å²) in [7, 11) is 0. The molecular weight excluding hydrogens is 196 g/mol. The highest BCUT2D eigenvalue weighted by atomic mass is 16.4. The van der Waals surface area contributed by atoms with E-state index in [-0.39, 0.29) is 11.3 Å². The van der Waals surface area contributed by atoms with Crippen molar-refractivity contribution < 1.29 is 14.3 Å². The first kappa shape index (κ1) is 9.45. The highest BCUT2D eigenvalue weighted by molar-refractivity contribution is 5.92. The molecule has 0 saturated carbocycles. The minimum atomic E-state index is -1.26. The molecule has 4 nitrogen and oxygen atoms in total. The van der Waals surface area contributed by atoms with Gasteiger partial charge in [-0.25, -0.2) is 4.79 Å². The summed E-state index contributed by atoms with van der Waals surface area (Å²) in [5.41, 5.74) is -0.388. The summed E-state index contributed by atoms with van der Waals surface area (Å²) in [5, 5.41) is 9.14. The van der Waals surface area contributed by atoms with Crippen molar-refractivity contribution in [3.05, 3.63) is 45.8 Å². The maximum atomic E-state index is 11.7. The van der Waals surface area contributed by atoms with Crippen LogP contribution in [0.1, 0.15) is 16.1 Å². The number of rotatable bonds is 1. The molecule has 0 saturated heterocycles. The monoisotopic (exact) mass is 204 g/mol. The second-order valence-electron chi connectivity index (χ2n) is 3.16. The number of hydrogen-bond donors (Lipinski definition) is 1. The zero-order valence-corrected chi connectivity index (χ0v) is 7.98. The molecule has 0 radical (unpaired) electrons. The molecule has 2 aromatic rings. The predicted molar refractivity (Wildman–Crippen MR) is 54.2 cm³/mol. The molecule has 0 unspecified atom stereocenters. The van der Waals surface area contributed by atoms with Crippen LogP contribution in [-0.2, 0) is 0 Å². The van der Waals surface area contributed by atoms with E-state index < -0.39 is 11.4 Å². The minimum absolute atomic E-state index is 0.131. The smallest absolute Gasteiger partial charge is 0.343 e. The van der Waals surface area contributed by atoms with Gasteiger partial charge in [0.15, 0.2) is 0 Å². The van der Waals surface area contributed by atoms with Gasteiger partial charge in [-0.15, -0.1) is 0 Å². The van der Waals surface area contributed by atoms with E-state index in [9.17, 15) is 9.59 Å². The topological polar surface area (TPSA) is 67.5 Å². The Morgan fingerprint density at radius 1 is 1.33 bits per heavy atom. The first-order valence-corrected chi connectivity index (χ1v) is 4.37. The summed E-state index contributed by atoms with van der Waals surface area (Å²) in [6.45, 7) is 1.47. The molecule has 1 aromatic carbocycles. The van der Waals surface area contributed by atoms with Crippen LogP contribution in [0.3, 0.4) is 0 Å². The van der Waals surface area contributed by atoms with E-state index in [4.69, 9.17) is 9.52 Å². The van der Waals surface area contributed by atoms with Gasteiger partial charge in [0.2, 0.25) is 5.43 Å². The maximum absolute atomic E-state index is 11.7. The van der Waals surface area contributed by atoms with Crippen LogP contribution in [0.25, 0.3) is 11.0 Å². The molecule has 0 bridgehead atoms. The lowest BCUT2D eigenvalue weighted by molar-refractivity contribution is 0.0692. The van der Waals surface area contributed by atoms with Crippen LogP contribution in [0.15, 0.2) is 33.5 Å². The Labute approximate surface area is 84.8 Å². The molecule has 4 heteroatoms. The molecule has 0 aliphatic carbocycles. The standard InChI is InChI=1S/C11H8O4/c1-6-9(11(13)14)10(12)7-4-2-3-5-8(7)15-6/h2-5H,1H3,(H,13,14). The normalized spacial score (nSPS) is 10.5. The Bertz CT molecular complexity index is 595. The number of aromatic carboxylic acids is 1. The number of para-hydroxylation sites is 1. The van der Waals surface area contributed by atoms with Gasteiger partial charge in [0.1, 0.15) is 16.9 Å². The van der Waals surface area contributed by atoms with Crippen molar-refractivity contribution in [3.8, 4) is 0 Å². The van der Waals surface area contributed by atoms with Crippen LogP contribution < -0.4 is 5.43 Å². The van der Waals surface area contributed by atoms with Gasteiger partial charge in [-0.05, 0) is 19.1 Å². The van der Waals surface area contributed by atoms with E-state index >= 15 is 0 Å². The lowest BCUT2D eigenvalue weighted by Gasteiger charge is -2.01. The summed E-state index contributed by atoms with van der Waals surface area (Å²) >= 11 is 0. The molecular formula is C11H8O4. The predicted octanol–water partition coefficient (Wildman–Crippen LogP) is 1.80. The molecule has 1 aromatic heterocycles. The molecule has 15 heavy (non-hydrogen) atoms. The zero-order valence-electron chi connectivity index (χ0n) is 7.98. The second-order valence-corrected chi connectivity index (χ2v) is 3.16. The van der Waals surface area contributed by atoms with Gasteiger partial charge >= 0.3 is 5.97 Å². The zero-order chi connectivity index (χ0) is 11.0. The van der Waals surface area contributed by atoms with E-state index in [0.717, 1.165) is 0 Å². The lowest BCUT2D eigenvalue weighted by atomic mass is 10.1. The minimum Gasteiger partial charge on any atom is -0.477 e.